The Morgan fingerprint density at radius 3 is 3.00 bits per heavy atom. The monoisotopic (exact) mass is 153 g/mol. The Kier molecular flexibility index (Phi) is 1.21. The fourth-order valence-electron chi connectivity index (χ4n) is 1.09. The molecule has 2 rings (SSSR count). The van der Waals surface area contributed by atoms with Gasteiger partial charge in [0.2, 0.25) is 5.76 Å². The van der Waals surface area contributed by atoms with Crippen LogP contribution in [0, 0.1) is 0 Å². The van der Waals surface area contributed by atoms with Crippen molar-refractivity contribution in [1.29, 1.82) is 0 Å². The molecule has 58 valence electrons. The van der Waals surface area contributed by atoms with Crippen LogP contribution < -0.4 is 0 Å². The normalized spacial score (nSPS) is 16.7. The molecule has 4 nitrogen and oxygen atoms in total. The van der Waals surface area contributed by atoms with Gasteiger partial charge in [0.15, 0.2) is 0 Å². The van der Waals surface area contributed by atoms with E-state index < -0.39 is 5.97 Å². The van der Waals surface area contributed by atoms with E-state index in [4.69, 9.17) is 5.11 Å². The summed E-state index contributed by atoms with van der Waals surface area (Å²) in [4.78, 5) is 10.5. The van der Waals surface area contributed by atoms with Crippen LogP contribution in [-0.2, 0) is 0 Å². The van der Waals surface area contributed by atoms with Gasteiger partial charge in [-0.25, -0.2) is 4.79 Å². The van der Waals surface area contributed by atoms with E-state index in [1.807, 2.05) is 0 Å². The van der Waals surface area contributed by atoms with Gasteiger partial charge >= 0.3 is 5.97 Å². The fraction of sp³-hybridized carbons (Fsp3) is 0.429. The lowest BCUT2D eigenvalue weighted by Crippen LogP contribution is -1.97. The summed E-state index contributed by atoms with van der Waals surface area (Å²) in [6, 6.07) is 0. The van der Waals surface area contributed by atoms with Gasteiger partial charge in [-0.15, -0.1) is 0 Å². The molecule has 0 atom stereocenters. The van der Waals surface area contributed by atoms with Crippen molar-refractivity contribution in [3.05, 3.63) is 17.5 Å². The molecule has 0 aromatic carbocycles. The summed E-state index contributed by atoms with van der Waals surface area (Å²) in [5, 5.41) is 12.0. The van der Waals surface area contributed by atoms with Crippen molar-refractivity contribution in [3.63, 3.8) is 0 Å². The topological polar surface area (TPSA) is 63.3 Å². The lowest BCUT2D eigenvalue weighted by Gasteiger charge is -1.89. The number of hydrogen-bond donors (Lipinski definition) is 1. The molecular weight excluding hydrogens is 146 g/mol. The highest BCUT2D eigenvalue weighted by molar-refractivity contribution is 5.86. The molecular formula is C7H7NO3. The largest absolute Gasteiger partial charge is 0.475 e. The summed E-state index contributed by atoms with van der Waals surface area (Å²) in [5.74, 6) is -0.635. The van der Waals surface area contributed by atoms with Gasteiger partial charge in [-0.3, -0.25) is 0 Å². The Balaban J connectivity index is 2.37. The van der Waals surface area contributed by atoms with E-state index in [1.165, 1.54) is 6.20 Å². The maximum absolute atomic E-state index is 10.5. The molecule has 11 heavy (non-hydrogen) atoms. The van der Waals surface area contributed by atoms with Crippen LogP contribution in [0.1, 0.15) is 34.9 Å². The third-order valence-corrected chi connectivity index (χ3v) is 1.81. The van der Waals surface area contributed by atoms with E-state index in [-0.39, 0.29) is 5.76 Å². The highest BCUT2D eigenvalue weighted by Gasteiger charge is 2.31. The van der Waals surface area contributed by atoms with Gasteiger partial charge in [0.25, 0.3) is 0 Å². The molecule has 1 heterocycles. The van der Waals surface area contributed by atoms with Gasteiger partial charge in [0.1, 0.15) is 0 Å². The number of hydrogen-bond acceptors (Lipinski definition) is 3. The summed E-state index contributed by atoms with van der Waals surface area (Å²) < 4.78 is 4.58. The minimum Gasteiger partial charge on any atom is -0.475 e. The summed E-state index contributed by atoms with van der Waals surface area (Å²) in [6.45, 7) is 0. The van der Waals surface area contributed by atoms with Crippen LogP contribution in [0.15, 0.2) is 10.7 Å². The van der Waals surface area contributed by atoms with E-state index >= 15 is 0 Å². The zero-order valence-electron chi connectivity index (χ0n) is 5.78. The average Bonchev–Trinajstić information content (AvgIpc) is 2.68. The lowest BCUT2D eigenvalue weighted by atomic mass is 10.2. The van der Waals surface area contributed by atoms with Gasteiger partial charge < -0.3 is 9.63 Å². The molecule has 0 aliphatic heterocycles. The van der Waals surface area contributed by atoms with Gasteiger partial charge in [-0.2, -0.15) is 0 Å². The molecule has 0 radical (unpaired) electrons. The third kappa shape index (κ3) is 1.00. The zero-order chi connectivity index (χ0) is 7.84. The molecule has 0 spiro atoms. The van der Waals surface area contributed by atoms with Crippen molar-refractivity contribution in [2.45, 2.75) is 18.8 Å². The highest BCUT2D eigenvalue weighted by Crippen LogP contribution is 2.41. The lowest BCUT2D eigenvalue weighted by molar-refractivity contribution is 0.0650. The Labute approximate surface area is 62.8 Å². The van der Waals surface area contributed by atoms with Crippen LogP contribution in [0.5, 0.6) is 0 Å². The number of carbonyl (C=O) groups is 1. The smallest absolute Gasteiger partial charge is 0.375 e. The molecule has 1 fully saturated rings. The second-order valence-electron chi connectivity index (χ2n) is 2.69. The first kappa shape index (κ1) is 6.39. The number of nitrogens with zero attached hydrogens (tertiary/aromatic N) is 1. The van der Waals surface area contributed by atoms with Crippen molar-refractivity contribution < 1.29 is 14.4 Å². The van der Waals surface area contributed by atoms with Crippen LogP contribution >= 0.6 is 0 Å². The van der Waals surface area contributed by atoms with Gasteiger partial charge in [-0.1, -0.05) is 5.16 Å². The van der Waals surface area contributed by atoms with Crippen LogP contribution in [0.3, 0.4) is 0 Å². The van der Waals surface area contributed by atoms with E-state index in [2.05, 4.69) is 9.68 Å². The Bertz CT molecular complexity index is 288. The summed E-state index contributed by atoms with van der Waals surface area (Å²) >= 11 is 0. The molecule has 1 N–H and O–H groups in total. The highest BCUT2D eigenvalue weighted by atomic mass is 16.5. The van der Waals surface area contributed by atoms with E-state index in [1.54, 1.807) is 0 Å². The minimum absolute atomic E-state index is 0.00694. The van der Waals surface area contributed by atoms with Crippen LogP contribution in [-0.4, -0.2) is 16.2 Å². The summed E-state index contributed by atoms with van der Waals surface area (Å²) in [6.07, 6.45) is 3.62. The molecule has 1 aliphatic rings. The quantitative estimate of drug-likeness (QED) is 0.694. The predicted octanol–water partition coefficient (Wildman–Crippen LogP) is 1.25. The maximum atomic E-state index is 10.5. The number of aromatic nitrogens is 1. The van der Waals surface area contributed by atoms with Gasteiger partial charge in [-0.05, 0) is 18.8 Å². The molecule has 4 heteroatoms. The van der Waals surface area contributed by atoms with Crippen molar-refractivity contribution in [2.75, 3.05) is 0 Å². The van der Waals surface area contributed by atoms with Crippen LogP contribution in [0.2, 0.25) is 0 Å². The molecule has 1 aromatic heterocycles. The molecule has 0 unspecified atom stereocenters. The summed E-state index contributed by atoms with van der Waals surface area (Å²) in [5.41, 5.74) is 0.748. The Hall–Kier alpha value is -1.32. The molecule has 1 saturated carbocycles. The Morgan fingerprint density at radius 2 is 2.45 bits per heavy atom. The first-order valence-electron chi connectivity index (χ1n) is 3.47. The number of carboxylic acids is 1. The van der Waals surface area contributed by atoms with Crippen LogP contribution in [0.25, 0.3) is 0 Å². The summed E-state index contributed by atoms with van der Waals surface area (Å²) in [7, 11) is 0. The second kappa shape index (κ2) is 2.08. The molecule has 1 aliphatic carbocycles. The van der Waals surface area contributed by atoms with Crippen molar-refractivity contribution in [3.8, 4) is 0 Å². The molecule has 0 amide bonds. The minimum atomic E-state index is -1.02. The van der Waals surface area contributed by atoms with Crippen LogP contribution in [0.4, 0.5) is 0 Å². The third-order valence-electron chi connectivity index (χ3n) is 1.81. The first-order chi connectivity index (χ1) is 5.29. The van der Waals surface area contributed by atoms with E-state index in [0.717, 1.165) is 18.4 Å². The van der Waals surface area contributed by atoms with Crippen molar-refractivity contribution in [1.82, 2.24) is 5.16 Å². The van der Waals surface area contributed by atoms with E-state index in [9.17, 15) is 4.79 Å². The van der Waals surface area contributed by atoms with Crippen molar-refractivity contribution >= 4 is 5.97 Å². The molecule has 0 bridgehead atoms. The molecule has 0 saturated heterocycles. The number of rotatable bonds is 2. The fourth-order valence-corrected chi connectivity index (χ4v) is 1.09. The zero-order valence-corrected chi connectivity index (χ0v) is 5.78. The van der Waals surface area contributed by atoms with Gasteiger partial charge in [0, 0.05) is 5.56 Å². The Morgan fingerprint density at radius 1 is 1.73 bits per heavy atom. The average molecular weight is 153 g/mol. The van der Waals surface area contributed by atoms with Gasteiger partial charge in [0.05, 0.1) is 6.20 Å². The number of aromatic carboxylic acids is 1. The molecule has 1 aromatic rings. The first-order valence-corrected chi connectivity index (χ1v) is 3.47. The number of carboxylic acid groups (broad SMARTS) is 1. The van der Waals surface area contributed by atoms with Crippen molar-refractivity contribution in [2.24, 2.45) is 0 Å². The van der Waals surface area contributed by atoms with E-state index in [0.29, 0.717) is 5.92 Å². The second-order valence-corrected chi connectivity index (χ2v) is 2.69. The maximum Gasteiger partial charge on any atom is 0.375 e. The predicted molar refractivity (Wildman–Crippen MR) is 35.4 cm³/mol. The SMILES string of the molecule is O=C(O)c1oncc1C1CC1. The standard InChI is InChI=1S/C7H7NO3/c9-7(10)6-5(3-8-11-6)4-1-2-4/h3-4H,1-2H2,(H,9,10).